The standard InChI is InChI=1S/C26H35N5O2/c1-6-8-10-20(7-2)24(13-14-27-4)33-22-12-9-11-21(17-22)31-16-15-30(5)25-23(26(31)32)18-28-19(3)29-25/h6,8-12,17-18,24,27H,7,13-16H2,1-5H3/b8-6-,20-10+. The zero-order valence-corrected chi connectivity index (χ0v) is 20.3. The van der Waals surface area contributed by atoms with Gasteiger partial charge in [-0.15, -0.1) is 0 Å². The van der Waals surface area contributed by atoms with Crippen LogP contribution in [0.15, 0.2) is 54.3 Å². The number of rotatable bonds is 9. The first-order valence-electron chi connectivity index (χ1n) is 11.6. The van der Waals surface area contributed by atoms with E-state index >= 15 is 0 Å². The topological polar surface area (TPSA) is 70.6 Å². The van der Waals surface area contributed by atoms with Crippen molar-refractivity contribution in [2.24, 2.45) is 0 Å². The molecule has 1 N–H and O–H groups in total. The summed E-state index contributed by atoms with van der Waals surface area (Å²) in [6, 6.07) is 7.79. The molecule has 0 fully saturated rings. The highest BCUT2D eigenvalue weighted by Gasteiger charge is 2.28. The van der Waals surface area contributed by atoms with Gasteiger partial charge in [0.1, 0.15) is 29.1 Å². The Kier molecular flexibility index (Phi) is 8.60. The van der Waals surface area contributed by atoms with Crippen molar-refractivity contribution in [3.8, 4) is 5.75 Å². The molecule has 0 bridgehead atoms. The number of amides is 1. The lowest BCUT2D eigenvalue weighted by Crippen LogP contribution is -2.33. The lowest BCUT2D eigenvalue weighted by molar-refractivity contribution is 0.0989. The van der Waals surface area contributed by atoms with Gasteiger partial charge >= 0.3 is 0 Å². The van der Waals surface area contributed by atoms with Crippen LogP contribution in [0.1, 0.15) is 42.9 Å². The van der Waals surface area contributed by atoms with Crippen molar-refractivity contribution in [2.75, 3.05) is 43.5 Å². The Morgan fingerprint density at radius 2 is 2.15 bits per heavy atom. The predicted octanol–water partition coefficient (Wildman–Crippen LogP) is 4.15. The molecule has 1 unspecified atom stereocenters. The van der Waals surface area contributed by atoms with Crippen molar-refractivity contribution in [3.05, 3.63) is 65.7 Å². The maximum Gasteiger partial charge on any atom is 0.263 e. The number of hydrogen-bond donors (Lipinski definition) is 1. The average molecular weight is 450 g/mol. The molecule has 0 aliphatic carbocycles. The van der Waals surface area contributed by atoms with Crippen LogP contribution in [0.4, 0.5) is 11.5 Å². The third-order valence-electron chi connectivity index (χ3n) is 5.77. The minimum Gasteiger partial charge on any atom is -0.486 e. The van der Waals surface area contributed by atoms with Crippen molar-refractivity contribution in [3.63, 3.8) is 0 Å². The van der Waals surface area contributed by atoms with Crippen molar-refractivity contribution >= 4 is 17.4 Å². The molecule has 1 aliphatic heterocycles. The maximum absolute atomic E-state index is 13.4. The molecule has 0 spiro atoms. The third kappa shape index (κ3) is 5.99. The third-order valence-corrected chi connectivity index (χ3v) is 5.77. The molecule has 1 aromatic heterocycles. The fourth-order valence-electron chi connectivity index (χ4n) is 3.91. The van der Waals surface area contributed by atoms with Gasteiger partial charge in [-0.3, -0.25) is 4.79 Å². The van der Waals surface area contributed by atoms with Crippen LogP contribution in [0.5, 0.6) is 5.75 Å². The van der Waals surface area contributed by atoms with Gasteiger partial charge in [0, 0.05) is 44.5 Å². The molecule has 33 heavy (non-hydrogen) atoms. The van der Waals surface area contributed by atoms with Crippen LogP contribution in [0.2, 0.25) is 0 Å². The van der Waals surface area contributed by atoms with Crippen LogP contribution in [-0.2, 0) is 0 Å². The van der Waals surface area contributed by atoms with Gasteiger partial charge in [0.25, 0.3) is 5.91 Å². The Bertz CT molecular complexity index is 1020. The number of nitrogens with zero attached hydrogens (tertiary/aromatic N) is 4. The highest BCUT2D eigenvalue weighted by molar-refractivity contribution is 6.09. The fraction of sp³-hybridized carbons (Fsp3) is 0.423. The number of fused-ring (bicyclic) bond motifs is 1. The van der Waals surface area contributed by atoms with Crippen molar-refractivity contribution < 1.29 is 9.53 Å². The number of hydrogen-bond acceptors (Lipinski definition) is 6. The van der Waals surface area contributed by atoms with Gasteiger partial charge in [-0.05, 0) is 51.6 Å². The number of ether oxygens (including phenoxy) is 1. The van der Waals surface area contributed by atoms with E-state index in [-0.39, 0.29) is 12.0 Å². The Labute approximate surface area is 197 Å². The first-order chi connectivity index (χ1) is 16.0. The van der Waals surface area contributed by atoms with Gasteiger partial charge < -0.3 is 19.9 Å². The molecule has 7 heteroatoms. The highest BCUT2D eigenvalue weighted by atomic mass is 16.5. The molecule has 1 amide bonds. The van der Waals surface area contributed by atoms with Crippen LogP contribution in [0.25, 0.3) is 0 Å². The van der Waals surface area contributed by atoms with E-state index in [0.717, 1.165) is 30.8 Å². The van der Waals surface area contributed by atoms with Crippen molar-refractivity contribution in [1.82, 2.24) is 15.3 Å². The second kappa shape index (κ2) is 11.6. The number of aromatic nitrogens is 2. The summed E-state index contributed by atoms with van der Waals surface area (Å²) in [7, 11) is 3.90. The number of carbonyl (C=O) groups is 1. The first kappa shape index (κ1) is 24.5. The van der Waals surface area contributed by atoms with Crippen molar-refractivity contribution in [2.45, 2.75) is 39.7 Å². The van der Waals surface area contributed by atoms with E-state index < -0.39 is 0 Å². The van der Waals surface area contributed by atoms with E-state index in [0.29, 0.717) is 30.3 Å². The zero-order chi connectivity index (χ0) is 23.8. The summed E-state index contributed by atoms with van der Waals surface area (Å²) in [5.74, 6) is 1.98. The summed E-state index contributed by atoms with van der Waals surface area (Å²) < 4.78 is 6.46. The largest absolute Gasteiger partial charge is 0.486 e. The SMILES string of the molecule is C/C=C\C=C(/CC)C(CCNC)Oc1cccc(N2CCN(C)c3nc(C)ncc3C2=O)c1. The molecule has 2 aromatic rings. The van der Waals surface area contributed by atoms with Crippen LogP contribution in [-0.4, -0.2) is 55.7 Å². The van der Waals surface area contributed by atoms with Crippen LogP contribution in [0.3, 0.4) is 0 Å². The summed E-state index contributed by atoms with van der Waals surface area (Å²) in [4.78, 5) is 25.9. The fourth-order valence-corrected chi connectivity index (χ4v) is 3.91. The van der Waals surface area contributed by atoms with Gasteiger partial charge in [0.05, 0.1) is 0 Å². The Morgan fingerprint density at radius 1 is 1.33 bits per heavy atom. The molecular formula is C26H35N5O2. The molecule has 0 saturated heterocycles. The van der Waals surface area contributed by atoms with Gasteiger partial charge in [0.15, 0.2) is 0 Å². The lowest BCUT2D eigenvalue weighted by Gasteiger charge is -2.24. The quantitative estimate of drug-likeness (QED) is 0.580. The molecule has 176 valence electrons. The molecule has 0 saturated carbocycles. The van der Waals surface area contributed by atoms with E-state index in [9.17, 15) is 4.79 Å². The van der Waals surface area contributed by atoms with E-state index in [1.807, 2.05) is 63.2 Å². The minimum atomic E-state index is -0.0968. The number of nitrogens with one attached hydrogen (secondary N) is 1. The molecular weight excluding hydrogens is 414 g/mol. The smallest absolute Gasteiger partial charge is 0.263 e. The predicted molar refractivity (Wildman–Crippen MR) is 134 cm³/mol. The Balaban J connectivity index is 1.89. The summed E-state index contributed by atoms with van der Waals surface area (Å²) in [5, 5.41) is 3.22. The monoisotopic (exact) mass is 449 g/mol. The van der Waals surface area contributed by atoms with Gasteiger partial charge in [-0.2, -0.15) is 0 Å². The molecule has 3 rings (SSSR count). The highest BCUT2D eigenvalue weighted by Crippen LogP contribution is 2.29. The molecule has 1 aliphatic rings. The Hall–Kier alpha value is -3.19. The summed E-state index contributed by atoms with van der Waals surface area (Å²) in [5.41, 5.74) is 2.56. The summed E-state index contributed by atoms with van der Waals surface area (Å²) >= 11 is 0. The number of aryl methyl sites for hydroxylation is 1. The number of anilines is 2. The lowest BCUT2D eigenvalue weighted by atomic mass is 10.0. The van der Waals surface area contributed by atoms with E-state index in [2.05, 4.69) is 34.4 Å². The van der Waals surface area contributed by atoms with Crippen LogP contribution < -0.4 is 19.9 Å². The normalized spacial score (nSPS) is 15.5. The van der Waals surface area contributed by atoms with Crippen molar-refractivity contribution in [1.29, 1.82) is 0 Å². The molecule has 7 nitrogen and oxygen atoms in total. The van der Waals surface area contributed by atoms with Gasteiger partial charge in [-0.25, -0.2) is 9.97 Å². The van der Waals surface area contributed by atoms with Crippen LogP contribution in [0, 0.1) is 6.92 Å². The first-order valence-corrected chi connectivity index (χ1v) is 11.6. The van der Waals surface area contributed by atoms with E-state index in [1.165, 1.54) is 5.57 Å². The maximum atomic E-state index is 13.4. The van der Waals surface area contributed by atoms with Crippen LogP contribution >= 0.6 is 0 Å². The summed E-state index contributed by atoms with van der Waals surface area (Å²) in [6.45, 7) is 8.08. The number of allylic oxidation sites excluding steroid dienone is 3. The van der Waals surface area contributed by atoms with Gasteiger partial charge in [0.2, 0.25) is 0 Å². The number of carbonyl (C=O) groups excluding carboxylic acids is 1. The second-order valence-electron chi connectivity index (χ2n) is 8.15. The molecule has 2 heterocycles. The average Bonchev–Trinajstić information content (AvgIpc) is 2.94. The zero-order valence-electron chi connectivity index (χ0n) is 20.3. The molecule has 1 aromatic carbocycles. The Morgan fingerprint density at radius 3 is 2.88 bits per heavy atom. The second-order valence-corrected chi connectivity index (χ2v) is 8.15. The number of likely N-dealkylation sites (N-methyl/N-ethyl adjacent to an activating group) is 1. The minimum absolute atomic E-state index is 0.0445. The van der Waals surface area contributed by atoms with E-state index in [4.69, 9.17) is 4.74 Å². The van der Waals surface area contributed by atoms with E-state index in [1.54, 1.807) is 11.1 Å². The van der Waals surface area contributed by atoms with Gasteiger partial charge in [-0.1, -0.05) is 31.2 Å². The molecule has 0 radical (unpaired) electrons. The summed E-state index contributed by atoms with van der Waals surface area (Å²) in [6.07, 6.45) is 9.56. The molecule has 1 atom stereocenters. The number of benzene rings is 1.